The van der Waals surface area contributed by atoms with Crippen LogP contribution in [-0.2, 0) is 28.7 Å². The number of pyridine rings is 2. The van der Waals surface area contributed by atoms with Gasteiger partial charge in [0.05, 0.1) is 16.7 Å². The van der Waals surface area contributed by atoms with E-state index in [1.807, 2.05) is 18.2 Å². The number of carbonyl (C=O) groups excluding carboxylic acids is 1. The molecule has 198 valence electrons. The Kier molecular flexibility index (Phi) is 6.47. The van der Waals surface area contributed by atoms with Gasteiger partial charge in [0.1, 0.15) is 6.10 Å². The van der Waals surface area contributed by atoms with Crippen LogP contribution in [0.2, 0.25) is 0 Å². The molecule has 0 spiro atoms. The van der Waals surface area contributed by atoms with Crippen molar-refractivity contribution in [2.75, 3.05) is 13.2 Å². The summed E-state index contributed by atoms with van der Waals surface area (Å²) in [4.78, 5) is 24.3. The van der Waals surface area contributed by atoms with Crippen LogP contribution in [0.1, 0.15) is 73.6 Å². The lowest BCUT2D eigenvalue weighted by Gasteiger charge is -2.37. The highest BCUT2D eigenvalue weighted by molar-refractivity contribution is 5.84. The van der Waals surface area contributed by atoms with Crippen LogP contribution in [0.4, 0.5) is 13.2 Å². The highest BCUT2D eigenvalue weighted by Crippen LogP contribution is 2.55. The lowest BCUT2D eigenvalue weighted by molar-refractivity contribution is -0.144. The van der Waals surface area contributed by atoms with Gasteiger partial charge in [-0.3, -0.25) is 14.8 Å². The molecule has 2 aliphatic heterocycles. The van der Waals surface area contributed by atoms with Crippen molar-refractivity contribution < 1.29 is 22.7 Å². The van der Waals surface area contributed by atoms with Gasteiger partial charge >= 0.3 is 6.18 Å². The summed E-state index contributed by atoms with van der Waals surface area (Å²) in [6, 6.07) is 7.64. The molecule has 3 fully saturated rings. The van der Waals surface area contributed by atoms with E-state index in [-0.39, 0.29) is 24.6 Å². The zero-order chi connectivity index (χ0) is 25.6. The number of fused-ring (bicyclic) bond motifs is 2. The zero-order valence-corrected chi connectivity index (χ0v) is 20.8. The molecule has 9 heteroatoms. The molecular weight excluding hydrogens is 481 g/mol. The Morgan fingerprint density at radius 1 is 1.16 bits per heavy atom. The molecule has 2 aromatic rings. The van der Waals surface area contributed by atoms with Crippen molar-refractivity contribution in [2.45, 2.75) is 82.3 Å². The number of nitrogens with zero attached hydrogens (tertiary/aromatic N) is 3. The summed E-state index contributed by atoms with van der Waals surface area (Å²) in [6.45, 7) is 1.41. The third-order valence-corrected chi connectivity index (χ3v) is 8.99. The Balaban J connectivity index is 1.14. The molecule has 1 N–H and O–H groups in total. The van der Waals surface area contributed by atoms with Gasteiger partial charge in [-0.15, -0.1) is 0 Å². The van der Waals surface area contributed by atoms with Crippen LogP contribution in [0.3, 0.4) is 0 Å². The number of rotatable bonds is 4. The Labute approximate surface area is 215 Å². The third kappa shape index (κ3) is 4.76. The molecule has 37 heavy (non-hydrogen) atoms. The van der Waals surface area contributed by atoms with E-state index >= 15 is 0 Å². The first-order valence-corrected chi connectivity index (χ1v) is 13.4. The van der Waals surface area contributed by atoms with Gasteiger partial charge in [-0.05, 0) is 68.2 Å². The third-order valence-electron chi connectivity index (χ3n) is 8.99. The molecule has 2 saturated carbocycles. The van der Waals surface area contributed by atoms with Gasteiger partial charge in [0.2, 0.25) is 5.91 Å². The maximum atomic E-state index is 14.0. The summed E-state index contributed by atoms with van der Waals surface area (Å²) in [6.07, 6.45) is 5.24. The number of hydrogen-bond donors (Lipinski definition) is 1. The average Bonchev–Trinajstić information content (AvgIpc) is 3.46. The van der Waals surface area contributed by atoms with Crippen LogP contribution in [0, 0.1) is 11.3 Å². The van der Waals surface area contributed by atoms with Crippen molar-refractivity contribution in [3.8, 4) is 0 Å². The number of nitrogens with one attached hydrogen (secondary N) is 1. The lowest BCUT2D eigenvalue weighted by atomic mass is 9.78. The maximum absolute atomic E-state index is 14.0. The molecule has 0 aromatic carbocycles. The largest absolute Gasteiger partial charge is 0.417 e. The van der Waals surface area contributed by atoms with Crippen LogP contribution in [0.15, 0.2) is 36.7 Å². The first-order valence-electron chi connectivity index (χ1n) is 13.4. The smallest absolute Gasteiger partial charge is 0.372 e. The Hall–Kier alpha value is -2.52. The average molecular weight is 515 g/mol. The summed E-state index contributed by atoms with van der Waals surface area (Å²) in [7, 11) is 0. The minimum Gasteiger partial charge on any atom is -0.372 e. The molecule has 2 aromatic heterocycles. The first-order chi connectivity index (χ1) is 17.8. The summed E-state index contributed by atoms with van der Waals surface area (Å²) in [5.41, 5.74) is 0.998. The minimum atomic E-state index is -4.44. The van der Waals surface area contributed by atoms with Gasteiger partial charge in [0, 0.05) is 56.3 Å². The van der Waals surface area contributed by atoms with Gasteiger partial charge in [-0.2, -0.15) is 13.2 Å². The van der Waals surface area contributed by atoms with Crippen molar-refractivity contribution in [1.29, 1.82) is 0 Å². The van der Waals surface area contributed by atoms with E-state index in [2.05, 4.69) is 15.3 Å². The number of carbonyl (C=O) groups is 1. The van der Waals surface area contributed by atoms with Gasteiger partial charge < -0.3 is 15.0 Å². The monoisotopic (exact) mass is 514 g/mol. The van der Waals surface area contributed by atoms with E-state index in [0.29, 0.717) is 42.8 Å². The highest BCUT2D eigenvalue weighted by Gasteiger charge is 2.56. The van der Waals surface area contributed by atoms with E-state index < -0.39 is 17.2 Å². The standard InChI is InChI=1S/C28H33F3N4O2/c29-28(30,31)20-12-18-17-35(10-6-23(18)33-16-20)26(36)27-8-3-4-19(27)13-22(15-27)34-21-7-11-37-25(14-21)24-5-1-2-9-32-24/h1-2,5,9,12,16,19,21-22,25,34H,3-4,6-8,10-11,13-15,17H2/t19-,21-,22-,25-,27-/m1/s1. The second kappa shape index (κ2) is 9.66. The van der Waals surface area contributed by atoms with Crippen molar-refractivity contribution in [3.05, 3.63) is 59.2 Å². The molecule has 4 heterocycles. The van der Waals surface area contributed by atoms with E-state index in [1.54, 1.807) is 11.1 Å². The van der Waals surface area contributed by atoms with Gasteiger partial charge in [0.15, 0.2) is 0 Å². The number of alkyl halides is 3. The summed E-state index contributed by atoms with van der Waals surface area (Å²) >= 11 is 0. The first kappa shape index (κ1) is 24.8. The lowest BCUT2D eigenvalue weighted by Crippen LogP contribution is -2.47. The SMILES string of the molecule is O=C(N1CCc2ncc(C(F)(F)F)cc2C1)[C@@]12CCC[C@@H]1C[C@@H](N[C@@H]1CCO[C@@H](c3ccccn3)C1)C2. The molecule has 0 unspecified atom stereocenters. The van der Waals surface area contributed by atoms with Crippen molar-refractivity contribution in [2.24, 2.45) is 11.3 Å². The fourth-order valence-electron chi connectivity index (χ4n) is 7.24. The molecule has 2 aliphatic carbocycles. The molecule has 1 saturated heterocycles. The molecule has 0 bridgehead atoms. The Morgan fingerprint density at radius 3 is 2.86 bits per heavy atom. The predicted molar refractivity (Wildman–Crippen MR) is 130 cm³/mol. The Morgan fingerprint density at radius 2 is 2.05 bits per heavy atom. The van der Waals surface area contributed by atoms with Crippen LogP contribution in [0.25, 0.3) is 0 Å². The number of ether oxygens (including phenoxy) is 1. The zero-order valence-electron chi connectivity index (χ0n) is 20.8. The fourth-order valence-corrected chi connectivity index (χ4v) is 7.24. The van der Waals surface area contributed by atoms with Crippen LogP contribution in [0.5, 0.6) is 0 Å². The second-order valence-corrected chi connectivity index (χ2v) is 11.2. The fraction of sp³-hybridized carbons (Fsp3) is 0.607. The number of amides is 1. The minimum absolute atomic E-state index is 0.0208. The van der Waals surface area contributed by atoms with Crippen LogP contribution in [-0.4, -0.2) is 46.0 Å². The van der Waals surface area contributed by atoms with Crippen molar-refractivity contribution in [3.63, 3.8) is 0 Å². The molecule has 1 amide bonds. The van der Waals surface area contributed by atoms with Crippen molar-refractivity contribution >= 4 is 5.91 Å². The quantitative estimate of drug-likeness (QED) is 0.633. The van der Waals surface area contributed by atoms with E-state index in [4.69, 9.17) is 4.74 Å². The highest BCUT2D eigenvalue weighted by atomic mass is 19.4. The van der Waals surface area contributed by atoms with E-state index in [0.717, 1.165) is 56.8 Å². The van der Waals surface area contributed by atoms with E-state index in [1.165, 1.54) is 6.07 Å². The van der Waals surface area contributed by atoms with Gasteiger partial charge in [-0.25, -0.2) is 0 Å². The van der Waals surface area contributed by atoms with Crippen LogP contribution < -0.4 is 5.32 Å². The number of hydrogen-bond acceptors (Lipinski definition) is 5. The topological polar surface area (TPSA) is 67.4 Å². The molecule has 5 atom stereocenters. The van der Waals surface area contributed by atoms with Gasteiger partial charge in [0.25, 0.3) is 0 Å². The van der Waals surface area contributed by atoms with Gasteiger partial charge in [-0.1, -0.05) is 12.5 Å². The number of aromatic nitrogens is 2. The van der Waals surface area contributed by atoms with E-state index in [9.17, 15) is 18.0 Å². The second-order valence-electron chi connectivity index (χ2n) is 11.2. The number of halogens is 3. The molecule has 0 radical (unpaired) electrons. The molecular formula is C28H33F3N4O2. The normalized spacial score (nSPS) is 31.7. The summed E-state index contributed by atoms with van der Waals surface area (Å²) in [5.74, 6) is 0.450. The van der Waals surface area contributed by atoms with Crippen LogP contribution >= 0.6 is 0 Å². The maximum Gasteiger partial charge on any atom is 0.417 e. The van der Waals surface area contributed by atoms with Crippen molar-refractivity contribution in [1.82, 2.24) is 20.2 Å². The summed E-state index contributed by atoms with van der Waals surface area (Å²) in [5, 5.41) is 3.85. The molecule has 6 rings (SSSR count). The molecule has 6 nitrogen and oxygen atoms in total. The predicted octanol–water partition coefficient (Wildman–Crippen LogP) is 4.84. The summed E-state index contributed by atoms with van der Waals surface area (Å²) < 4.78 is 45.7. The Bertz CT molecular complexity index is 1140. The molecule has 4 aliphatic rings.